The molecule has 4 heteroatoms. The van der Waals surface area contributed by atoms with Gasteiger partial charge in [-0.3, -0.25) is 0 Å². The molecule has 3 nitrogen and oxygen atoms in total. The monoisotopic (exact) mass is 327 g/mol. The summed E-state index contributed by atoms with van der Waals surface area (Å²) in [5, 5.41) is 0. The molecular weight excluding hydrogens is 306 g/mol. The number of hydrogen-bond acceptors (Lipinski definition) is 3. The van der Waals surface area contributed by atoms with Crippen LogP contribution in [-0.2, 0) is 9.47 Å². The van der Waals surface area contributed by atoms with Crippen LogP contribution in [0.4, 0.5) is 0 Å². The predicted octanol–water partition coefficient (Wildman–Crippen LogP) is 3.28. The average Bonchev–Trinajstić information content (AvgIpc) is 2.42. The van der Waals surface area contributed by atoms with Gasteiger partial charge >= 0.3 is 0 Å². The van der Waals surface area contributed by atoms with Crippen LogP contribution in [0.3, 0.4) is 0 Å². The quantitative estimate of drug-likeness (QED) is 0.902. The number of rotatable bonds is 5. The number of nitrogens with two attached hydrogens (primary N) is 1. The molecule has 1 heterocycles. The topological polar surface area (TPSA) is 44.5 Å². The second-order valence-electron chi connectivity index (χ2n) is 5.22. The fourth-order valence-electron chi connectivity index (χ4n) is 2.36. The normalized spacial score (nSPS) is 20.2. The van der Waals surface area contributed by atoms with Gasteiger partial charge in [0.25, 0.3) is 0 Å². The molecule has 1 aliphatic rings. The molecule has 1 aromatic carbocycles. The van der Waals surface area contributed by atoms with Gasteiger partial charge in [-0.15, -0.1) is 0 Å². The van der Waals surface area contributed by atoms with E-state index in [1.54, 1.807) is 0 Å². The smallest absolute Gasteiger partial charge is 0.0973 e. The highest BCUT2D eigenvalue weighted by molar-refractivity contribution is 9.10. The van der Waals surface area contributed by atoms with Crippen LogP contribution in [0.15, 0.2) is 28.7 Å². The first-order valence-electron chi connectivity index (χ1n) is 6.87. The number of hydrogen-bond donors (Lipinski definition) is 1. The molecule has 1 saturated heterocycles. The lowest BCUT2D eigenvalue weighted by Crippen LogP contribution is -2.29. The molecule has 0 spiro atoms. The van der Waals surface area contributed by atoms with Crippen LogP contribution >= 0.6 is 15.9 Å². The van der Waals surface area contributed by atoms with E-state index >= 15 is 0 Å². The van der Waals surface area contributed by atoms with E-state index in [0.717, 1.165) is 42.7 Å². The van der Waals surface area contributed by atoms with Gasteiger partial charge in [-0.25, -0.2) is 0 Å². The molecule has 0 amide bonds. The van der Waals surface area contributed by atoms with Crippen LogP contribution in [0, 0.1) is 5.92 Å². The second kappa shape index (κ2) is 7.39. The molecule has 0 aliphatic carbocycles. The molecule has 2 atom stereocenters. The van der Waals surface area contributed by atoms with E-state index in [0.29, 0.717) is 5.92 Å². The molecule has 1 aromatic rings. The molecule has 1 fully saturated rings. The Bertz CT molecular complexity index is 374. The van der Waals surface area contributed by atoms with Crippen molar-refractivity contribution in [2.24, 2.45) is 11.7 Å². The average molecular weight is 328 g/mol. The van der Waals surface area contributed by atoms with Crippen molar-refractivity contribution in [3.8, 4) is 0 Å². The van der Waals surface area contributed by atoms with E-state index in [2.05, 4.69) is 28.1 Å². The van der Waals surface area contributed by atoms with E-state index in [-0.39, 0.29) is 12.1 Å². The summed E-state index contributed by atoms with van der Waals surface area (Å²) in [6.45, 7) is 4.48. The standard InChI is InChI=1S/C15H22BrNO2/c1-11(17)15(13-2-4-14(16)5-3-13)19-10-12-6-8-18-9-7-12/h2-5,11-12,15H,6-10,17H2,1H3. The highest BCUT2D eigenvalue weighted by Gasteiger charge is 2.20. The van der Waals surface area contributed by atoms with Crippen molar-refractivity contribution in [2.75, 3.05) is 19.8 Å². The van der Waals surface area contributed by atoms with Crippen molar-refractivity contribution in [2.45, 2.75) is 31.9 Å². The molecule has 19 heavy (non-hydrogen) atoms. The Morgan fingerprint density at radius 3 is 2.53 bits per heavy atom. The van der Waals surface area contributed by atoms with Gasteiger partial charge in [0, 0.05) is 23.7 Å². The first kappa shape index (κ1) is 15.0. The van der Waals surface area contributed by atoms with Gasteiger partial charge in [0.05, 0.1) is 12.7 Å². The molecule has 2 unspecified atom stereocenters. The molecule has 2 N–H and O–H groups in total. The summed E-state index contributed by atoms with van der Waals surface area (Å²) in [5.74, 6) is 0.602. The third kappa shape index (κ3) is 4.56. The first-order chi connectivity index (χ1) is 9.16. The zero-order valence-corrected chi connectivity index (χ0v) is 12.9. The summed E-state index contributed by atoms with van der Waals surface area (Å²) >= 11 is 3.45. The number of halogens is 1. The van der Waals surface area contributed by atoms with Crippen LogP contribution in [0.2, 0.25) is 0 Å². The van der Waals surface area contributed by atoms with Gasteiger partial charge in [0.2, 0.25) is 0 Å². The summed E-state index contributed by atoms with van der Waals surface area (Å²) in [6.07, 6.45) is 2.15. The molecule has 0 saturated carbocycles. The maximum Gasteiger partial charge on any atom is 0.0973 e. The van der Waals surface area contributed by atoms with Crippen LogP contribution in [-0.4, -0.2) is 25.9 Å². The third-order valence-electron chi connectivity index (χ3n) is 3.53. The highest BCUT2D eigenvalue weighted by Crippen LogP contribution is 2.25. The minimum absolute atomic E-state index is 0.0129. The minimum Gasteiger partial charge on any atom is -0.381 e. The lowest BCUT2D eigenvalue weighted by Gasteiger charge is -2.27. The zero-order valence-electron chi connectivity index (χ0n) is 11.3. The van der Waals surface area contributed by atoms with E-state index in [9.17, 15) is 0 Å². The molecular formula is C15H22BrNO2. The largest absolute Gasteiger partial charge is 0.381 e. The van der Waals surface area contributed by atoms with Gasteiger partial charge in [-0.05, 0) is 43.4 Å². The molecule has 1 aliphatic heterocycles. The molecule has 0 radical (unpaired) electrons. The Morgan fingerprint density at radius 2 is 1.95 bits per heavy atom. The van der Waals surface area contributed by atoms with Crippen molar-refractivity contribution in [3.05, 3.63) is 34.3 Å². The van der Waals surface area contributed by atoms with Crippen LogP contribution < -0.4 is 5.73 Å². The molecule has 0 aromatic heterocycles. The van der Waals surface area contributed by atoms with Crippen molar-refractivity contribution >= 4 is 15.9 Å². The Morgan fingerprint density at radius 1 is 1.32 bits per heavy atom. The van der Waals surface area contributed by atoms with Crippen LogP contribution in [0.25, 0.3) is 0 Å². The van der Waals surface area contributed by atoms with E-state index < -0.39 is 0 Å². The SMILES string of the molecule is CC(N)C(OCC1CCOCC1)c1ccc(Br)cc1. The predicted molar refractivity (Wildman–Crippen MR) is 80.0 cm³/mol. The molecule has 0 bridgehead atoms. The van der Waals surface area contributed by atoms with Crippen molar-refractivity contribution in [1.29, 1.82) is 0 Å². The summed E-state index contributed by atoms with van der Waals surface area (Å²) < 4.78 is 12.5. The minimum atomic E-state index is -0.0315. The van der Waals surface area contributed by atoms with Gasteiger partial charge in [-0.1, -0.05) is 28.1 Å². The van der Waals surface area contributed by atoms with Gasteiger partial charge in [0.15, 0.2) is 0 Å². The van der Waals surface area contributed by atoms with Crippen molar-refractivity contribution in [3.63, 3.8) is 0 Å². The van der Waals surface area contributed by atoms with Gasteiger partial charge in [-0.2, -0.15) is 0 Å². The fourth-order valence-corrected chi connectivity index (χ4v) is 2.62. The first-order valence-corrected chi connectivity index (χ1v) is 7.66. The summed E-state index contributed by atoms with van der Waals surface area (Å²) in [7, 11) is 0. The molecule has 106 valence electrons. The van der Waals surface area contributed by atoms with E-state index in [4.69, 9.17) is 15.2 Å². The Kier molecular flexibility index (Phi) is 5.82. The lowest BCUT2D eigenvalue weighted by atomic mass is 10.0. The second-order valence-corrected chi connectivity index (χ2v) is 6.14. The Labute approximate surface area is 123 Å². The van der Waals surface area contributed by atoms with E-state index in [1.807, 2.05) is 19.1 Å². The maximum absolute atomic E-state index is 6.07. The van der Waals surface area contributed by atoms with Crippen molar-refractivity contribution in [1.82, 2.24) is 0 Å². The van der Waals surface area contributed by atoms with Gasteiger partial charge < -0.3 is 15.2 Å². The molecule has 2 rings (SSSR count). The summed E-state index contributed by atoms with van der Waals surface area (Å²) in [4.78, 5) is 0. The highest BCUT2D eigenvalue weighted by atomic mass is 79.9. The Hall–Kier alpha value is -0.420. The fraction of sp³-hybridized carbons (Fsp3) is 0.600. The third-order valence-corrected chi connectivity index (χ3v) is 4.06. The lowest BCUT2D eigenvalue weighted by molar-refractivity contribution is -0.0187. The zero-order chi connectivity index (χ0) is 13.7. The number of benzene rings is 1. The van der Waals surface area contributed by atoms with Gasteiger partial charge in [0.1, 0.15) is 0 Å². The van der Waals surface area contributed by atoms with Crippen LogP contribution in [0.1, 0.15) is 31.4 Å². The summed E-state index contributed by atoms with van der Waals surface area (Å²) in [6, 6.07) is 8.19. The van der Waals surface area contributed by atoms with Crippen LogP contribution in [0.5, 0.6) is 0 Å². The number of ether oxygens (including phenoxy) is 2. The van der Waals surface area contributed by atoms with E-state index in [1.165, 1.54) is 0 Å². The van der Waals surface area contributed by atoms with Crippen molar-refractivity contribution < 1.29 is 9.47 Å². The Balaban J connectivity index is 1.94. The maximum atomic E-state index is 6.07. The summed E-state index contributed by atoms with van der Waals surface area (Å²) in [5.41, 5.74) is 7.20.